The molecule has 2 heterocycles. The summed E-state index contributed by atoms with van der Waals surface area (Å²) in [5, 5.41) is 0. The Kier molecular flexibility index (Phi) is 7.08. The van der Waals surface area contributed by atoms with Gasteiger partial charge in [0.2, 0.25) is 0 Å². The molecule has 0 atom stereocenters. The third-order valence-corrected chi connectivity index (χ3v) is 6.35. The standard InChI is InChI=1S/C15H14F9NO2S2/c16-12(17,13(18,19)14(20,21)15(22,23)24)2-1-11(26)27-4-3-25-7-9-10(8-25)29-6-5-28-9/h7-8H,1-6H2. The van der Waals surface area contributed by atoms with Crippen LogP contribution in [0, 0.1) is 0 Å². The Morgan fingerprint density at radius 2 is 1.45 bits per heavy atom. The van der Waals surface area contributed by atoms with Crippen molar-refractivity contribution in [2.45, 2.75) is 53.1 Å². The Bertz CT molecular complexity index is 710. The molecule has 0 unspecified atom stereocenters. The first kappa shape index (κ1) is 24.1. The zero-order valence-electron chi connectivity index (χ0n) is 14.4. The van der Waals surface area contributed by atoms with Gasteiger partial charge in [0.25, 0.3) is 0 Å². The molecule has 0 amide bonds. The van der Waals surface area contributed by atoms with Crippen molar-refractivity contribution < 1.29 is 49.0 Å². The van der Waals surface area contributed by atoms with Gasteiger partial charge in [-0.3, -0.25) is 4.79 Å². The van der Waals surface area contributed by atoms with Crippen molar-refractivity contribution >= 4 is 29.5 Å². The minimum absolute atomic E-state index is 0.124. The van der Waals surface area contributed by atoms with Gasteiger partial charge in [0, 0.05) is 40.1 Å². The number of hydrogen-bond acceptors (Lipinski definition) is 4. The summed E-state index contributed by atoms with van der Waals surface area (Å²) in [6, 6.07) is 0. The molecule has 1 aliphatic rings. The molecule has 0 radical (unpaired) electrons. The lowest BCUT2D eigenvalue weighted by Crippen LogP contribution is -2.60. The molecular formula is C15H14F9NO2S2. The molecule has 0 aromatic carbocycles. The summed E-state index contributed by atoms with van der Waals surface area (Å²) in [6.07, 6.45) is -7.02. The first-order chi connectivity index (χ1) is 13.2. The number of aromatic nitrogens is 1. The summed E-state index contributed by atoms with van der Waals surface area (Å²) >= 11 is 3.24. The van der Waals surface area contributed by atoms with Crippen LogP contribution in [-0.4, -0.2) is 52.6 Å². The molecule has 0 spiro atoms. The van der Waals surface area contributed by atoms with Crippen molar-refractivity contribution in [1.82, 2.24) is 4.57 Å². The van der Waals surface area contributed by atoms with Crippen molar-refractivity contribution in [3.63, 3.8) is 0 Å². The van der Waals surface area contributed by atoms with E-state index in [1.165, 1.54) is 0 Å². The normalized spacial score (nSPS) is 15.9. The fourth-order valence-corrected chi connectivity index (χ4v) is 4.55. The number of nitrogens with zero attached hydrogens (tertiary/aromatic N) is 1. The van der Waals surface area contributed by atoms with E-state index < -0.39 is 42.8 Å². The van der Waals surface area contributed by atoms with Gasteiger partial charge in [0.15, 0.2) is 0 Å². The number of carbonyl (C=O) groups is 1. The second-order valence-corrected chi connectivity index (χ2v) is 8.27. The molecule has 166 valence electrons. The first-order valence-electron chi connectivity index (χ1n) is 8.00. The van der Waals surface area contributed by atoms with E-state index in [-0.39, 0.29) is 13.2 Å². The molecule has 0 saturated carbocycles. The predicted octanol–water partition coefficient (Wildman–Crippen LogP) is 5.48. The summed E-state index contributed by atoms with van der Waals surface area (Å²) in [5.74, 6) is -19.0. The van der Waals surface area contributed by atoms with E-state index in [1.54, 1.807) is 40.5 Å². The number of halogens is 9. The van der Waals surface area contributed by atoms with Crippen LogP contribution in [0.3, 0.4) is 0 Å². The lowest BCUT2D eigenvalue weighted by atomic mass is 10.00. The molecule has 2 rings (SSSR count). The van der Waals surface area contributed by atoms with Crippen molar-refractivity contribution in [1.29, 1.82) is 0 Å². The van der Waals surface area contributed by atoms with Crippen LogP contribution in [0.1, 0.15) is 12.8 Å². The summed E-state index contributed by atoms with van der Waals surface area (Å²) in [5.41, 5.74) is 0. The number of esters is 1. The Labute approximate surface area is 167 Å². The SMILES string of the molecule is O=C(CCC(F)(F)C(F)(F)C(F)(F)C(F)(F)F)OCCn1cc2c(c1)SCCS2. The maximum Gasteiger partial charge on any atom is 0.460 e. The van der Waals surface area contributed by atoms with Crippen LogP contribution in [0.25, 0.3) is 0 Å². The predicted molar refractivity (Wildman–Crippen MR) is 87.0 cm³/mol. The summed E-state index contributed by atoms with van der Waals surface area (Å²) in [6.45, 7) is -0.193. The maximum atomic E-state index is 13.4. The van der Waals surface area contributed by atoms with E-state index in [2.05, 4.69) is 4.74 Å². The summed E-state index contributed by atoms with van der Waals surface area (Å²) < 4.78 is 121. The second kappa shape index (κ2) is 8.52. The summed E-state index contributed by atoms with van der Waals surface area (Å²) in [4.78, 5) is 13.4. The van der Waals surface area contributed by atoms with E-state index in [4.69, 9.17) is 0 Å². The molecule has 0 fully saturated rings. The van der Waals surface area contributed by atoms with Gasteiger partial charge in [-0.2, -0.15) is 39.5 Å². The molecule has 0 aliphatic carbocycles. The van der Waals surface area contributed by atoms with E-state index in [9.17, 15) is 44.3 Å². The van der Waals surface area contributed by atoms with E-state index in [0.29, 0.717) is 0 Å². The Hall–Kier alpha value is -1.18. The van der Waals surface area contributed by atoms with Gasteiger partial charge < -0.3 is 9.30 Å². The van der Waals surface area contributed by atoms with Crippen LogP contribution < -0.4 is 0 Å². The molecule has 14 heteroatoms. The van der Waals surface area contributed by atoms with Crippen molar-refractivity contribution in [2.24, 2.45) is 0 Å². The lowest BCUT2D eigenvalue weighted by Gasteiger charge is -2.33. The fraction of sp³-hybridized carbons (Fsp3) is 0.667. The fourth-order valence-electron chi connectivity index (χ4n) is 2.28. The third-order valence-electron chi connectivity index (χ3n) is 3.87. The smallest absolute Gasteiger partial charge is 0.460 e. The van der Waals surface area contributed by atoms with Crippen LogP contribution >= 0.6 is 23.5 Å². The third kappa shape index (κ3) is 5.12. The zero-order valence-corrected chi connectivity index (χ0v) is 16.0. The Morgan fingerprint density at radius 1 is 0.931 bits per heavy atom. The van der Waals surface area contributed by atoms with Gasteiger partial charge in [-0.15, -0.1) is 23.5 Å². The van der Waals surface area contributed by atoms with Gasteiger partial charge >= 0.3 is 29.9 Å². The van der Waals surface area contributed by atoms with Crippen LogP contribution in [0.15, 0.2) is 22.2 Å². The largest absolute Gasteiger partial charge is 0.464 e. The molecular weight excluding hydrogens is 461 g/mol. The number of ether oxygens (including phenoxy) is 1. The van der Waals surface area contributed by atoms with E-state index >= 15 is 0 Å². The Morgan fingerprint density at radius 3 is 1.93 bits per heavy atom. The van der Waals surface area contributed by atoms with Crippen molar-refractivity contribution in [3.8, 4) is 0 Å². The van der Waals surface area contributed by atoms with E-state index in [1.807, 2.05) is 0 Å². The molecule has 0 saturated heterocycles. The number of hydrogen-bond donors (Lipinski definition) is 0. The maximum absolute atomic E-state index is 13.4. The number of fused-ring (bicyclic) bond motifs is 1. The van der Waals surface area contributed by atoms with Crippen LogP contribution in [0.2, 0.25) is 0 Å². The average Bonchev–Trinajstić information content (AvgIpc) is 3.01. The molecule has 0 bridgehead atoms. The second-order valence-electron chi connectivity index (χ2n) is 5.99. The van der Waals surface area contributed by atoms with Gasteiger partial charge in [0.05, 0.1) is 13.0 Å². The van der Waals surface area contributed by atoms with Crippen molar-refractivity contribution in [2.75, 3.05) is 18.1 Å². The van der Waals surface area contributed by atoms with Gasteiger partial charge in [-0.05, 0) is 0 Å². The van der Waals surface area contributed by atoms with Gasteiger partial charge in [-0.1, -0.05) is 0 Å². The summed E-state index contributed by atoms with van der Waals surface area (Å²) in [7, 11) is 0. The van der Waals surface area contributed by atoms with Gasteiger partial charge in [0.1, 0.15) is 6.61 Å². The monoisotopic (exact) mass is 475 g/mol. The minimum atomic E-state index is -6.96. The van der Waals surface area contributed by atoms with Crippen molar-refractivity contribution in [3.05, 3.63) is 12.4 Å². The zero-order chi connectivity index (χ0) is 22.1. The number of carbonyl (C=O) groups excluding carboxylic acids is 1. The quantitative estimate of drug-likeness (QED) is 0.368. The number of alkyl halides is 9. The molecule has 1 aliphatic heterocycles. The lowest BCUT2D eigenvalue weighted by molar-refractivity contribution is -0.396. The highest BCUT2D eigenvalue weighted by atomic mass is 32.2. The highest BCUT2D eigenvalue weighted by Crippen LogP contribution is 2.54. The van der Waals surface area contributed by atoms with Crippen LogP contribution in [0.4, 0.5) is 39.5 Å². The molecule has 3 nitrogen and oxygen atoms in total. The Balaban J connectivity index is 1.85. The van der Waals surface area contributed by atoms with Gasteiger partial charge in [-0.25, -0.2) is 0 Å². The molecule has 29 heavy (non-hydrogen) atoms. The topological polar surface area (TPSA) is 31.2 Å². The highest BCUT2D eigenvalue weighted by Gasteiger charge is 2.81. The molecule has 1 aromatic rings. The first-order valence-corrected chi connectivity index (χ1v) is 9.97. The highest BCUT2D eigenvalue weighted by molar-refractivity contribution is 8.05. The van der Waals surface area contributed by atoms with Crippen LogP contribution in [-0.2, 0) is 16.1 Å². The average molecular weight is 475 g/mol. The van der Waals surface area contributed by atoms with Crippen LogP contribution in [0.5, 0.6) is 0 Å². The number of thioether (sulfide) groups is 2. The molecule has 1 aromatic heterocycles. The number of rotatable bonds is 8. The molecule has 0 N–H and O–H groups in total. The van der Waals surface area contributed by atoms with E-state index in [0.717, 1.165) is 21.3 Å². The minimum Gasteiger partial charge on any atom is -0.464 e.